The van der Waals surface area contributed by atoms with Crippen molar-refractivity contribution >= 4 is 29.2 Å². The summed E-state index contributed by atoms with van der Waals surface area (Å²) in [4.78, 5) is 41.4. The van der Waals surface area contributed by atoms with Crippen LogP contribution in [0.5, 0.6) is 17.2 Å². The molecule has 0 spiro atoms. The Morgan fingerprint density at radius 3 is 2.30 bits per heavy atom. The molecule has 0 saturated heterocycles. The zero-order valence-electron chi connectivity index (χ0n) is 26.1. The third-order valence-electron chi connectivity index (χ3n) is 6.73. The SMILES string of the molecule is COc1cc(C(=O)N(C)c2ccc(C)cc2OCCCCNC(=O)N(C)C)ccc1NC(=O)c1ccccc1OCCCN. The Kier molecular flexibility index (Phi) is 12.8. The number of amides is 4. The number of rotatable bonds is 15. The van der Waals surface area contributed by atoms with E-state index in [0.29, 0.717) is 72.5 Å². The van der Waals surface area contributed by atoms with Gasteiger partial charge in [0.2, 0.25) is 0 Å². The number of methoxy groups -OCH3 is 1. The van der Waals surface area contributed by atoms with Crippen molar-refractivity contribution in [1.82, 2.24) is 10.2 Å². The smallest absolute Gasteiger partial charge is 0.316 e. The number of carbonyl (C=O) groups excluding carboxylic acids is 3. The van der Waals surface area contributed by atoms with E-state index in [4.69, 9.17) is 19.9 Å². The Labute approximate surface area is 259 Å². The molecule has 4 N–H and O–H groups in total. The molecule has 0 aliphatic heterocycles. The van der Waals surface area contributed by atoms with Crippen molar-refractivity contribution in [2.75, 3.05) is 64.8 Å². The van der Waals surface area contributed by atoms with Crippen LogP contribution in [0.25, 0.3) is 0 Å². The predicted octanol–water partition coefficient (Wildman–Crippen LogP) is 4.69. The molecular formula is C33H43N5O6. The fourth-order valence-corrected chi connectivity index (χ4v) is 4.24. The van der Waals surface area contributed by atoms with E-state index < -0.39 is 0 Å². The van der Waals surface area contributed by atoms with Crippen LogP contribution in [0.15, 0.2) is 60.7 Å². The molecule has 0 aromatic heterocycles. The molecule has 0 fully saturated rings. The summed E-state index contributed by atoms with van der Waals surface area (Å²) in [5.41, 5.74) is 8.32. The highest BCUT2D eigenvalue weighted by atomic mass is 16.5. The normalized spacial score (nSPS) is 10.5. The zero-order valence-corrected chi connectivity index (χ0v) is 26.1. The minimum atomic E-state index is -0.371. The Balaban J connectivity index is 1.69. The van der Waals surface area contributed by atoms with Gasteiger partial charge in [0, 0.05) is 33.3 Å². The summed E-state index contributed by atoms with van der Waals surface area (Å²) >= 11 is 0. The lowest BCUT2D eigenvalue weighted by molar-refractivity contribution is 0.0990. The van der Waals surface area contributed by atoms with Gasteiger partial charge in [-0.25, -0.2) is 4.79 Å². The summed E-state index contributed by atoms with van der Waals surface area (Å²) in [5.74, 6) is 0.726. The second-order valence-electron chi connectivity index (χ2n) is 10.4. The highest BCUT2D eigenvalue weighted by molar-refractivity contribution is 6.09. The van der Waals surface area contributed by atoms with Crippen molar-refractivity contribution in [3.63, 3.8) is 0 Å². The number of hydrogen-bond donors (Lipinski definition) is 3. The van der Waals surface area contributed by atoms with Crippen molar-refractivity contribution < 1.29 is 28.6 Å². The van der Waals surface area contributed by atoms with E-state index in [2.05, 4.69) is 10.6 Å². The fourth-order valence-electron chi connectivity index (χ4n) is 4.24. The molecule has 3 rings (SSSR count). The molecule has 11 nitrogen and oxygen atoms in total. The summed E-state index contributed by atoms with van der Waals surface area (Å²) in [6.45, 7) is 3.83. The highest BCUT2D eigenvalue weighted by Gasteiger charge is 2.21. The van der Waals surface area contributed by atoms with Gasteiger partial charge in [0.25, 0.3) is 11.8 Å². The van der Waals surface area contributed by atoms with Gasteiger partial charge in [-0.3, -0.25) is 9.59 Å². The maximum atomic E-state index is 13.6. The van der Waals surface area contributed by atoms with Gasteiger partial charge in [-0.1, -0.05) is 18.2 Å². The minimum Gasteiger partial charge on any atom is -0.495 e. The van der Waals surface area contributed by atoms with E-state index in [1.54, 1.807) is 63.6 Å². The number of aryl methyl sites for hydroxylation is 1. The number of unbranched alkanes of at least 4 members (excludes halogenated alkanes) is 1. The molecule has 236 valence electrons. The number of anilines is 2. The van der Waals surface area contributed by atoms with Gasteiger partial charge < -0.3 is 40.4 Å². The molecule has 11 heteroatoms. The van der Waals surface area contributed by atoms with Crippen LogP contribution in [-0.2, 0) is 0 Å². The fraction of sp³-hybridized carbons (Fsp3) is 0.364. The summed E-state index contributed by atoms with van der Waals surface area (Å²) in [5, 5.41) is 5.69. The first kappa shape index (κ1) is 33.7. The Bertz CT molecular complexity index is 1430. The summed E-state index contributed by atoms with van der Waals surface area (Å²) in [7, 11) is 6.55. The largest absolute Gasteiger partial charge is 0.495 e. The second-order valence-corrected chi connectivity index (χ2v) is 10.4. The lowest BCUT2D eigenvalue weighted by Crippen LogP contribution is -2.35. The van der Waals surface area contributed by atoms with Crippen molar-refractivity contribution in [2.45, 2.75) is 26.2 Å². The molecule has 0 atom stereocenters. The highest BCUT2D eigenvalue weighted by Crippen LogP contribution is 2.32. The van der Waals surface area contributed by atoms with Gasteiger partial charge in [-0.05, 0) is 80.8 Å². The van der Waals surface area contributed by atoms with Gasteiger partial charge in [0.1, 0.15) is 17.2 Å². The lowest BCUT2D eigenvalue weighted by Gasteiger charge is -2.22. The van der Waals surface area contributed by atoms with Crippen LogP contribution in [0.1, 0.15) is 45.5 Å². The van der Waals surface area contributed by atoms with Crippen LogP contribution < -0.4 is 35.5 Å². The molecule has 0 aliphatic rings. The van der Waals surface area contributed by atoms with E-state index >= 15 is 0 Å². The molecule has 0 heterocycles. The number of ether oxygens (including phenoxy) is 3. The van der Waals surface area contributed by atoms with Gasteiger partial charge in [-0.15, -0.1) is 0 Å². The summed E-state index contributed by atoms with van der Waals surface area (Å²) in [6.07, 6.45) is 2.15. The van der Waals surface area contributed by atoms with Crippen molar-refractivity contribution in [3.8, 4) is 17.2 Å². The number of nitrogens with zero attached hydrogens (tertiary/aromatic N) is 2. The van der Waals surface area contributed by atoms with Crippen molar-refractivity contribution in [3.05, 3.63) is 77.4 Å². The third kappa shape index (κ3) is 9.37. The average molecular weight is 606 g/mol. The molecule has 3 aromatic carbocycles. The topological polar surface area (TPSA) is 135 Å². The van der Waals surface area contributed by atoms with E-state index in [-0.39, 0.29) is 17.8 Å². The second kappa shape index (κ2) is 16.8. The van der Waals surface area contributed by atoms with Gasteiger partial charge in [0.15, 0.2) is 0 Å². The Morgan fingerprint density at radius 1 is 0.841 bits per heavy atom. The molecule has 0 unspecified atom stereocenters. The molecular weight excluding hydrogens is 562 g/mol. The maximum absolute atomic E-state index is 13.6. The number of hydrogen-bond acceptors (Lipinski definition) is 7. The Morgan fingerprint density at radius 2 is 1.57 bits per heavy atom. The molecule has 44 heavy (non-hydrogen) atoms. The minimum absolute atomic E-state index is 0.131. The van der Waals surface area contributed by atoms with Crippen LogP contribution >= 0.6 is 0 Å². The van der Waals surface area contributed by atoms with E-state index in [9.17, 15) is 14.4 Å². The van der Waals surface area contributed by atoms with Crippen molar-refractivity contribution in [1.29, 1.82) is 0 Å². The maximum Gasteiger partial charge on any atom is 0.316 e. The molecule has 0 saturated carbocycles. The first-order valence-electron chi connectivity index (χ1n) is 14.5. The Hall–Kier alpha value is -4.77. The van der Waals surface area contributed by atoms with E-state index in [1.165, 1.54) is 16.9 Å². The predicted molar refractivity (Wildman–Crippen MR) is 172 cm³/mol. The van der Waals surface area contributed by atoms with Crippen LogP contribution in [0.2, 0.25) is 0 Å². The monoisotopic (exact) mass is 605 g/mol. The number of carbonyl (C=O) groups is 3. The third-order valence-corrected chi connectivity index (χ3v) is 6.73. The quantitative estimate of drug-likeness (QED) is 0.214. The molecule has 0 radical (unpaired) electrons. The zero-order chi connectivity index (χ0) is 32.1. The summed E-state index contributed by atoms with van der Waals surface area (Å²) < 4.78 is 17.3. The van der Waals surface area contributed by atoms with Gasteiger partial charge in [-0.2, -0.15) is 0 Å². The number of nitrogens with two attached hydrogens (primary N) is 1. The van der Waals surface area contributed by atoms with Crippen LogP contribution in [0.3, 0.4) is 0 Å². The van der Waals surface area contributed by atoms with Gasteiger partial charge >= 0.3 is 6.03 Å². The van der Waals surface area contributed by atoms with Crippen LogP contribution in [0.4, 0.5) is 16.2 Å². The van der Waals surface area contributed by atoms with E-state index in [1.807, 2.05) is 25.1 Å². The first-order valence-corrected chi connectivity index (χ1v) is 14.5. The number of urea groups is 1. The van der Waals surface area contributed by atoms with Crippen LogP contribution in [0, 0.1) is 6.92 Å². The average Bonchev–Trinajstić information content (AvgIpc) is 3.02. The molecule has 0 bridgehead atoms. The molecule has 4 amide bonds. The number of benzene rings is 3. The standard InChI is InChI=1S/C33H43N5O6/c1-23-13-16-27(30(21-23)44-19-9-8-18-35-33(41)37(2)3)38(4)32(40)24-14-15-26(29(22-24)42-5)36-31(39)25-11-6-7-12-28(25)43-20-10-17-34/h6-7,11-16,21-22H,8-10,17-20,34H2,1-5H3,(H,35,41)(H,36,39). The lowest BCUT2D eigenvalue weighted by atomic mass is 10.1. The molecule has 3 aromatic rings. The number of nitrogens with one attached hydrogen (secondary N) is 2. The van der Waals surface area contributed by atoms with E-state index in [0.717, 1.165) is 18.4 Å². The van der Waals surface area contributed by atoms with Gasteiger partial charge in [0.05, 0.1) is 37.3 Å². The number of para-hydroxylation sites is 1. The first-order chi connectivity index (χ1) is 21.2. The van der Waals surface area contributed by atoms with Crippen LogP contribution in [-0.4, -0.2) is 77.3 Å². The van der Waals surface area contributed by atoms with Crippen molar-refractivity contribution in [2.24, 2.45) is 5.73 Å². The molecule has 0 aliphatic carbocycles. The summed E-state index contributed by atoms with van der Waals surface area (Å²) in [6, 6.07) is 17.4.